The van der Waals surface area contributed by atoms with Gasteiger partial charge in [0.05, 0.1) is 12.7 Å². The van der Waals surface area contributed by atoms with Crippen LogP contribution in [0.2, 0.25) is 18.1 Å². The molecule has 0 aliphatic rings. The van der Waals surface area contributed by atoms with Crippen LogP contribution in [0.5, 0.6) is 0 Å². The van der Waals surface area contributed by atoms with Crippen LogP contribution in [-0.2, 0) is 20.6 Å². The van der Waals surface area contributed by atoms with E-state index in [1.807, 2.05) is 6.07 Å². The summed E-state index contributed by atoms with van der Waals surface area (Å²) in [5, 5.41) is 4.08. The number of hydrazone groups is 1. The number of furan rings is 1. The molecule has 31 heavy (non-hydrogen) atoms. The minimum atomic E-state index is -1.93. The first-order valence-electron chi connectivity index (χ1n) is 10.3. The third kappa shape index (κ3) is 6.90. The lowest BCUT2D eigenvalue weighted by Gasteiger charge is -2.35. The van der Waals surface area contributed by atoms with Crippen molar-refractivity contribution in [2.75, 3.05) is 0 Å². The standard InChI is InChI=1S/C23H32N2O5Si/c1-16(2)29-22(27)20(17-11-9-8-10-12-17)24-25-21(26)19-14-13-18(30-19)15-28-31(6,7)23(3,4)5/h8-14,16H,15H2,1-7H3,(H,25,26)/b24-20+. The number of ether oxygens (including phenoxy) is 1. The summed E-state index contributed by atoms with van der Waals surface area (Å²) >= 11 is 0. The van der Waals surface area contributed by atoms with Gasteiger partial charge in [0.1, 0.15) is 5.76 Å². The van der Waals surface area contributed by atoms with Crippen molar-refractivity contribution in [1.29, 1.82) is 0 Å². The van der Waals surface area contributed by atoms with Gasteiger partial charge < -0.3 is 13.6 Å². The highest BCUT2D eigenvalue weighted by Crippen LogP contribution is 2.37. The van der Waals surface area contributed by atoms with Gasteiger partial charge in [0, 0.05) is 5.56 Å². The molecule has 0 aliphatic carbocycles. The van der Waals surface area contributed by atoms with E-state index in [0.29, 0.717) is 17.9 Å². The van der Waals surface area contributed by atoms with Gasteiger partial charge in [-0.05, 0) is 44.1 Å². The summed E-state index contributed by atoms with van der Waals surface area (Å²) in [6, 6.07) is 12.1. The number of hydrogen-bond acceptors (Lipinski definition) is 6. The van der Waals surface area contributed by atoms with E-state index < -0.39 is 20.2 Å². The van der Waals surface area contributed by atoms with Crippen molar-refractivity contribution in [3.8, 4) is 0 Å². The van der Waals surface area contributed by atoms with Crippen LogP contribution in [0.3, 0.4) is 0 Å². The van der Waals surface area contributed by atoms with Gasteiger partial charge in [-0.2, -0.15) is 5.10 Å². The average Bonchev–Trinajstić information content (AvgIpc) is 3.15. The van der Waals surface area contributed by atoms with Crippen LogP contribution in [0.25, 0.3) is 0 Å². The number of hydrogen-bond donors (Lipinski definition) is 1. The predicted molar refractivity (Wildman–Crippen MR) is 122 cm³/mol. The van der Waals surface area contributed by atoms with E-state index >= 15 is 0 Å². The molecule has 8 heteroatoms. The van der Waals surface area contributed by atoms with Gasteiger partial charge in [-0.25, -0.2) is 10.2 Å². The minimum Gasteiger partial charge on any atom is -0.458 e. The van der Waals surface area contributed by atoms with E-state index in [1.54, 1.807) is 50.2 Å². The van der Waals surface area contributed by atoms with E-state index in [4.69, 9.17) is 13.6 Å². The Bertz CT molecular complexity index is 927. The molecule has 1 amide bonds. The Hall–Kier alpha value is -2.71. The molecule has 0 spiro atoms. The Morgan fingerprint density at radius 3 is 2.32 bits per heavy atom. The van der Waals surface area contributed by atoms with E-state index in [9.17, 15) is 9.59 Å². The van der Waals surface area contributed by atoms with Gasteiger partial charge in [0.15, 0.2) is 19.8 Å². The third-order valence-electron chi connectivity index (χ3n) is 5.12. The first-order chi connectivity index (χ1) is 14.4. The maximum atomic E-state index is 12.5. The number of carbonyl (C=O) groups is 2. The zero-order chi connectivity index (χ0) is 23.2. The van der Waals surface area contributed by atoms with Crippen molar-refractivity contribution in [3.05, 3.63) is 59.5 Å². The molecule has 1 aromatic carbocycles. The normalized spacial score (nSPS) is 12.7. The number of amides is 1. The molecule has 0 unspecified atom stereocenters. The fraction of sp³-hybridized carbons (Fsp3) is 0.435. The molecular formula is C23H32N2O5Si. The largest absolute Gasteiger partial charge is 0.458 e. The number of nitrogens with zero attached hydrogens (tertiary/aromatic N) is 1. The topological polar surface area (TPSA) is 90.1 Å². The molecule has 0 saturated heterocycles. The number of benzene rings is 1. The highest BCUT2D eigenvalue weighted by Gasteiger charge is 2.37. The molecule has 7 nitrogen and oxygen atoms in total. The zero-order valence-electron chi connectivity index (χ0n) is 19.3. The molecule has 0 aliphatic heterocycles. The monoisotopic (exact) mass is 444 g/mol. The molecule has 0 saturated carbocycles. The molecule has 168 valence electrons. The Morgan fingerprint density at radius 1 is 1.10 bits per heavy atom. The molecule has 0 atom stereocenters. The summed E-state index contributed by atoms with van der Waals surface area (Å²) in [6.45, 7) is 14.6. The summed E-state index contributed by atoms with van der Waals surface area (Å²) < 4.78 is 17.0. The Labute approximate surface area is 184 Å². The molecule has 1 aromatic heterocycles. The average molecular weight is 445 g/mol. The highest BCUT2D eigenvalue weighted by molar-refractivity contribution is 6.74. The quantitative estimate of drug-likeness (QED) is 0.271. The SMILES string of the molecule is CC(C)OC(=O)/C(=N/NC(=O)c1ccc(CO[Si](C)(C)C(C)(C)C)o1)c1ccccc1. The van der Waals surface area contributed by atoms with Crippen molar-refractivity contribution >= 4 is 25.9 Å². The molecule has 1 heterocycles. The smallest absolute Gasteiger partial charge is 0.359 e. The summed E-state index contributed by atoms with van der Waals surface area (Å²) in [5.74, 6) is -0.544. The predicted octanol–water partition coefficient (Wildman–Crippen LogP) is 4.89. The van der Waals surface area contributed by atoms with Crippen LogP contribution in [0.15, 0.2) is 52.0 Å². The molecule has 0 fully saturated rings. The zero-order valence-corrected chi connectivity index (χ0v) is 20.3. The number of nitrogens with one attached hydrogen (secondary N) is 1. The van der Waals surface area contributed by atoms with Gasteiger partial charge >= 0.3 is 11.9 Å². The van der Waals surface area contributed by atoms with Crippen molar-refractivity contribution in [2.45, 2.75) is 65.5 Å². The molecule has 1 N–H and O–H groups in total. The van der Waals surface area contributed by atoms with Crippen LogP contribution in [0.4, 0.5) is 0 Å². The summed E-state index contributed by atoms with van der Waals surface area (Å²) in [7, 11) is -1.93. The fourth-order valence-corrected chi connectivity index (χ4v) is 3.24. The molecular weight excluding hydrogens is 412 g/mol. The second kappa shape index (κ2) is 10.1. The lowest BCUT2D eigenvalue weighted by atomic mass is 10.1. The number of rotatable bonds is 8. The maximum absolute atomic E-state index is 12.5. The van der Waals surface area contributed by atoms with Gasteiger partial charge in [-0.15, -0.1) is 0 Å². The van der Waals surface area contributed by atoms with Crippen LogP contribution >= 0.6 is 0 Å². The minimum absolute atomic E-state index is 0.00990. The van der Waals surface area contributed by atoms with Crippen molar-refractivity contribution in [1.82, 2.24) is 5.43 Å². The van der Waals surface area contributed by atoms with Crippen molar-refractivity contribution in [2.24, 2.45) is 5.10 Å². The van der Waals surface area contributed by atoms with Crippen LogP contribution in [0.1, 0.15) is 56.5 Å². The van der Waals surface area contributed by atoms with Crippen molar-refractivity contribution in [3.63, 3.8) is 0 Å². The lowest BCUT2D eigenvalue weighted by molar-refractivity contribution is -0.138. The summed E-state index contributed by atoms with van der Waals surface area (Å²) in [5.41, 5.74) is 2.93. The third-order valence-corrected chi connectivity index (χ3v) is 9.60. The van der Waals surface area contributed by atoms with Crippen LogP contribution in [-0.4, -0.2) is 32.0 Å². The van der Waals surface area contributed by atoms with Gasteiger partial charge in [0.25, 0.3) is 0 Å². The van der Waals surface area contributed by atoms with Gasteiger partial charge in [0.2, 0.25) is 0 Å². The molecule has 2 aromatic rings. The van der Waals surface area contributed by atoms with Crippen molar-refractivity contribution < 1.29 is 23.2 Å². The Morgan fingerprint density at radius 2 is 1.74 bits per heavy atom. The van der Waals surface area contributed by atoms with E-state index in [0.717, 1.165) is 0 Å². The van der Waals surface area contributed by atoms with Gasteiger partial charge in [-0.3, -0.25) is 4.79 Å². The number of carbonyl (C=O) groups excluding carboxylic acids is 2. The van der Waals surface area contributed by atoms with E-state index in [1.165, 1.54) is 0 Å². The second-order valence-electron chi connectivity index (χ2n) is 9.04. The van der Waals surface area contributed by atoms with Crippen LogP contribution < -0.4 is 5.43 Å². The lowest BCUT2D eigenvalue weighted by Crippen LogP contribution is -2.40. The van der Waals surface area contributed by atoms with E-state index in [-0.39, 0.29) is 22.6 Å². The molecule has 0 radical (unpaired) electrons. The first kappa shape index (κ1) is 24.6. The Kier molecular flexibility index (Phi) is 7.97. The fourth-order valence-electron chi connectivity index (χ4n) is 2.30. The first-order valence-corrected chi connectivity index (χ1v) is 13.2. The Balaban J connectivity index is 2.11. The molecule has 2 rings (SSSR count). The number of esters is 1. The summed E-state index contributed by atoms with van der Waals surface area (Å²) in [6.07, 6.45) is -0.314. The van der Waals surface area contributed by atoms with Gasteiger partial charge in [-0.1, -0.05) is 51.1 Å². The summed E-state index contributed by atoms with van der Waals surface area (Å²) in [4.78, 5) is 24.9. The highest BCUT2D eigenvalue weighted by atomic mass is 28.4. The maximum Gasteiger partial charge on any atom is 0.359 e. The second-order valence-corrected chi connectivity index (χ2v) is 13.8. The van der Waals surface area contributed by atoms with Crippen LogP contribution in [0, 0.1) is 0 Å². The molecule has 0 bridgehead atoms. The van der Waals surface area contributed by atoms with E-state index in [2.05, 4.69) is 44.4 Å².